The smallest absolute Gasteiger partial charge is 0.0543 e. The fourth-order valence-corrected chi connectivity index (χ4v) is 10.6. The van der Waals surface area contributed by atoms with Gasteiger partial charge in [0.15, 0.2) is 0 Å². The number of nitrogens with zero attached hydrogens (tertiary/aromatic N) is 1. The molecule has 0 bridgehead atoms. The molecule has 0 atom stereocenters. The van der Waals surface area contributed by atoms with Crippen molar-refractivity contribution >= 4 is 27.8 Å². The Labute approximate surface area is 347 Å². The second-order valence-corrected chi connectivity index (χ2v) is 17.2. The Bertz CT molecular complexity index is 3090. The molecule has 0 amide bonds. The summed E-state index contributed by atoms with van der Waals surface area (Å²) in [5.74, 6) is 0. The molecule has 9 aromatic rings. The minimum absolute atomic E-state index is 0.133. The highest BCUT2D eigenvalue weighted by Gasteiger charge is 2.42. The van der Waals surface area contributed by atoms with Crippen molar-refractivity contribution in [1.29, 1.82) is 0 Å². The van der Waals surface area contributed by atoms with Crippen molar-refractivity contribution in [2.24, 2.45) is 0 Å². The quantitative estimate of drug-likeness (QED) is 0.163. The molecule has 282 valence electrons. The van der Waals surface area contributed by atoms with Gasteiger partial charge in [-0.2, -0.15) is 0 Å². The van der Waals surface area contributed by atoms with Gasteiger partial charge < -0.3 is 4.90 Å². The zero-order valence-electron chi connectivity index (χ0n) is 34.0. The molecule has 0 unspecified atom stereocenters. The van der Waals surface area contributed by atoms with Gasteiger partial charge in [0.2, 0.25) is 0 Å². The fourth-order valence-electron chi connectivity index (χ4n) is 10.6. The molecular weight excluding hydrogens is 711 g/mol. The first-order valence-electron chi connectivity index (χ1n) is 20.9. The van der Waals surface area contributed by atoms with E-state index in [0.29, 0.717) is 0 Å². The molecule has 0 spiro atoms. The fraction of sp³-hybridized carbons (Fsp3) is 0.103. The molecule has 0 saturated heterocycles. The SMILES string of the molecule is CC1(C)c2ccccc2-c2c(N(c3ccccc3-c3ccccc3)c3cccc4c3-c3cccc(-c5cccc6cccc(-c7ccccc7)c56)c3C4(C)C)cccc21. The van der Waals surface area contributed by atoms with Gasteiger partial charge in [-0.25, -0.2) is 0 Å². The van der Waals surface area contributed by atoms with E-state index in [0.717, 1.165) is 5.69 Å². The molecule has 9 aromatic carbocycles. The molecule has 1 heteroatoms. The summed E-state index contributed by atoms with van der Waals surface area (Å²) < 4.78 is 0. The van der Waals surface area contributed by atoms with Crippen LogP contribution in [0.2, 0.25) is 0 Å². The van der Waals surface area contributed by atoms with Crippen molar-refractivity contribution in [3.05, 3.63) is 222 Å². The van der Waals surface area contributed by atoms with E-state index in [1.165, 1.54) is 100 Å². The van der Waals surface area contributed by atoms with Gasteiger partial charge in [-0.05, 0) is 90.2 Å². The molecular formula is C58H45N. The number of rotatable bonds is 6. The maximum absolute atomic E-state index is 2.58. The Balaban J connectivity index is 1.21. The van der Waals surface area contributed by atoms with Crippen LogP contribution in [0.1, 0.15) is 49.9 Å². The Morgan fingerprint density at radius 1 is 0.305 bits per heavy atom. The molecule has 0 aliphatic heterocycles. The maximum Gasteiger partial charge on any atom is 0.0543 e. The van der Waals surface area contributed by atoms with Crippen LogP contribution in [-0.4, -0.2) is 0 Å². The summed E-state index contributed by atoms with van der Waals surface area (Å²) in [4.78, 5) is 2.58. The third kappa shape index (κ3) is 5.24. The zero-order valence-corrected chi connectivity index (χ0v) is 34.0. The molecule has 2 aliphatic rings. The van der Waals surface area contributed by atoms with Gasteiger partial charge in [0, 0.05) is 27.5 Å². The summed E-state index contributed by atoms with van der Waals surface area (Å²) in [7, 11) is 0. The van der Waals surface area contributed by atoms with E-state index in [1.807, 2.05) is 0 Å². The highest BCUT2D eigenvalue weighted by atomic mass is 15.2. The van der Waals surface area contributed by atoms with Gasteiger partial charge in [0.05, 0.1) is 17.1 Å². The number of hydrogen-bond donors (Lipinski definition) is 0. The number of fused-ring (bicyclic) bond motifs is 7. The maximum atomic E-state index is 2.58. The molecule has 0 aromatic heterocycles. The first-order chi connectivity index (χ1) is 28.8. The van der Waals surface area contributed by atoms with E-state index in [9.17, 15) is 0 Å². The van der Waals surface area contributed by atoms with E-state index >= 15 is 0 Å². The molecule has 59 heavy (non-hydrogen) atoms. The Morgan fingerprint density at radius 3 is 1.44 bits per heavy atom. The molecule has 0 heterocycles. The van der Waals surface area contributed by atoms with Gasteiger partial charge >= 0.3 is 0 Å². The number of anilines is 3. The number of para-hydroxylation sites is 1. The van der Waals surface area contributed by atoms with E-state index < -0.39 is 0 Å². The lowest BCUT2D eigenvalue weighted by Gasteiger charge is -2.32. The molecule has 1 nitrogen and oxygen atoms in total. The van der Waals surface area contributed by atoms with Crippen molar-refractivity contribution in [2.75, 3.05) is 4.90 Å². The number of hydrogen-bond acceptors (Lipinski definition) is 1. The third-order valence-electron chi connectivity index (χ3n) is 13.3. The highest BCUT2D eigenvalue weighted by molar-refractivity contribution is 6.09. The van der Waals surface area contributed by atoms with Crippen LogP contribution in [0.5, 0.6) is 0 Å². The lowest BCUT2D eigenvalue weighted by molar-refractivity contribution is 0.660. The third-order valence-corrected chi connectivity index (χ3v) is 13.3. The van der Waals surface area contributed by atoms with Crippen molar-refractivity contribution in [3.63, 3.8) is 0 Å². The predicted octanol–water partition coefficient (Wildman–Crippen LogP) is 15.9. The highest BCUT2D eigenvalue weighted by Crippen LogP contribution is 2.60. The summed E-state index contributed by atoms with van der Waals surface area (Å²) in [6, 6.07) is 74.2. The van der Waals surface area contributed by atoms with E-state index in [2.05, 4.69) is 233 Å². The second kappa shape index (κ2) is 13.3. The van der Waals surface area contributed by atoms with Crippen LogP contribution in [-0.2, 0) is 10.8 Å². The topological polar surface area (TPSA) is 3.24 Å². The van der Waals surface area contributed by atoms with Crippen LogP contribution in [0.15, 0.2) is 200 Å². The van der Waals surface area contributed by atoms with Gasteiger partial charge in [0.1, 0.15) is 0 Å². The van der Waals surface area contributed by atoms with Crippen LogP contribution < -0.4 is 4.90 Å². The molecule has 0 fully saturated rings. The molecule has 0 radical (unpaired) electrons. The normalized spacial score (nSPS) is 14.0. The summed E-state index contributed by atoms with van der Waals surface area (Å²) >= 11 is 0. The number of benzene rings is 9. The standard InChI is InChI=1S/C58H45N/c1-57(2)47-32-13-11-27-45(47)54-48(57)33-18-36-51(54)59(50-35-14-12-26-41(50)38-20-7-5-8-21-38)52-37-19-34-49-55(52)46-31-17-30-44(56(46)58(49,3)4)43-29-16-25-40-24-15-28-42(53(40)43)39-22-9-6-10-23-39/h5-37H,1-4H3. The van der Waals surface area contributed by atoms with E-state index in [1.54, 1.807) is 0 Å². The lowest BCUT2D eigenvalue weighted by atomic mass is 9.78. The van der Waals surface area contributed by atoms with Crippen LogP contribution in [0.25, 0.3) is 66.4 Å². The Kier molecular flexibility index (Phi) is 7.94. The van der Waals surface area contributed by atoms with Crippen molar-refractivity contribution in [2.45, 2.75) is 38.5 Å². The van der Waals surface area contributed by atoms with Gasteiger partial charge in [0.25, 0.3) is 0 Å². The largest absolute Gasteiger partial charge is 0.309 e. The van der Waals surface area contributed by atoms with Crippen LogP contribution in [0, 0.1) is 0 Å². The minimum atomic E-state index is -0.279. The summed E-state index contributed by atoms with van der Waals surface area (Å²) in [6.07, 6.45) is 0. The Morgan fingerprint density at radius 2 is 0.746 bits per heavy atom. The van der Waals surface area contributed by atoms with Crippen LogP contribution >= 0.6 is 0 Å². The molecule has 0 saturated carbocycles. The summed E-state index contributed by atoms with van der Waals surface area (Å²) in [6.45, 7) is 9.60. The van der Waals surface area contributed by atoms with Crippen LogP contribution in [0.3, 0.4) is 0 Å². The Hall–Kier alpha value is -6.96. The first kappa shape index (κ1) is 35.2. The first-order valence-corrected chi connectivity index (χ1v) is 20.9. The van der Waals surface area contributed by atoms with E-state index in [-0.39, 0.29) is 10.8 Å². The minimum Gasteiger partial charge on any atom is -0.309 e. The van der Waals surface area contributed by atoms with E-state index in [4.69, 9.17) is 0 Å². The lowest BCUT2D eigenvalue weighted by Crippen LogP contribution is -2.18. The van der Waals surface area contributed by atoms with Crippen molar-refractivity contribution < 1.29 is 0 Å². The van der Waals surface area contributed by atoms with Crippen LogP contribution in [0.4, 0.5) is 17.1 Å². The summed E-state index contributed by atoms with van der Waals surface area (Å²) in [5.41, 5.74) is 21.2. The predicted molar refractivity (Wildman–Crippen MR) is 250 cm³/mol. The average Bonchev–Trinajstić information content (AvgIpc) is 3.67. The summed E-state index contributed by atoms with van der Waals surface area (Å²) in [5, 5.41) is 2.54. The monoisotopic (exact) mass is 755 g/mol. The van der Waals surface area contributed by atoms with Crippen molar-refractivity contribution in [1.82, 2.24) is 0 Å². The average molecular weight is 756 g/mol. The molecule has 0 N–H and O–H groups in total. The van der Waals surface area contributed by atoms with Crippen molar-refractivity contribution in [3.8, 4) is 55.6 Å². The van der Waals surface area contributed by atoms with Gasteiger partial charge in [-0.3, -0.25) is 0 Å². The second-order valence-electron chi connectivity index (χ2n) is 17.2. The van der Waals surface area contributed by atoms with Gasteiger partial charge in [-0.15, -0.1) is 0 Å². The zero-order chi connectivity index (χ0) is 39.9. The molecule has 2 aliphatic carbocycles. The molecule has 11 rings (SSSR count). The van der Waals surface area contributed by atoms with Gasteiger partial charge in [-0.1, -0.05) is 210 Å².